The predicted octanol–water partition coefficient (Wildman–Crippen LogP) is 3.41. The lowest BCUT2D eigenvalue weighted by atomic mass is 9.84. The highest BCUT2D eigenvalue weighted by molar-refractivity contribution is 7.25. The first kappa shape index (κ1) is 17.8. The van der Waals surface area contributed by atoms with Crippen LogP contribution in [0.3, 0.4) is 0 Å². The van der Waals surface area contributed by atoms with Crippen molar-refractivity contribution >= 4 is 28.4 Å². The molecular weight excluding hydrogens is 295 g/mol. The summed E-state index contributed by atoms with van der Waals surface area (Å²) < 4.78 is 13.6. The third-order valence-corrected chi connectivity index (χ3v) is 5.87. The minimum Gasteiger partial charge on any atom is -0.399 e. The number of aromatic nitrogens is 1. The summed E-state index contributed by atoms with van der Waals surface area (Å²) in [6.07, 6.45) is 0. The summed E-state index contributed by atoms with van der Waals surface area (Å²) in [5.74, 6) is 0.356. The summed E-state index contributed by atoms with van der Waals surface area (Å²) in [6.45, 7) is 19.0. The third-order valence-electron chi connectivity index (χ3n) is 4.72. The standard InChI is InChI=1S/C16H29BN2O2S/c1-9-19(10-2)14-18-12(11(3)4)13(22-14)17-20-15(5,6)16(7,8)21-17/h11H,9-10H2,1-8H3. The van der Waals surface area contributed by atoms with Gasteiger partial charge in [-0.3, -0.25) is 0 Å². The van der Waals surface area contributed by atoms with Crippen LogP contribution < -0.4 is 9.68 Å². The third kappa shape index (κ3) is 3.06. The SMILES string of the molecule is CCN(CC)c1nc(C(C)C)c(B2OC(C)(C)C(C)(C)O2)s1. The molecular formula is C16H29BN2O2S. The summed E-state index contributed by atoms with van der Waals surface area (Å²) in [6, 6.07) is 0. The van der Waals surface area contributed by atoms with Crippen LogP contribution in [0.2, 0.25) is 0 Å². The maximum atomic E-state index is 6.23. The van der Waals surface area contributed by atoms with Crippen LogP contribution in [0.25, 0.3) is 0 Å². The lowest BCUT2D eigenvalue weighted by Crippen LogP contribution is -2.41. The average molecular weight is 324 g/mol. The Morgan fingerprint density at radius 1 is 1.09 bits per heavy atom. The van der Waals surface area contributed by atoms with Crippen molar-refractivity contribution in [2.75, 3.05) is 18.0 Å². The van der Waals surface area contributed by atoms with Gasteiger partial charge in [-0.25, -0.2) is 4.98 Å². The van der Waals surface area contributed by atoms with E-state index < -0.39 is 0 Å². The van der Waals surface area contributed by atoms with Gasteiger partial charge in [-0.1, -0.05) is 13.8 Å². The monoisotopic (exact) mass is 324 g/mol. The number of nitrogens with zero attached hydrogens (tertiary/aromatic N) is 2. The van der Waals surface area contributed by atoms with Crippen molar-refractivity contribution < 1.29 is 9.31 Å². The van der Waals surface area contributed by atoms with E-state index in [1.54, 1.807) is 11.3 Å². The van der Waals surface area contributed by atoms with Gasteiger partial charge in [0, 0.05) is 13.1 Å². The summed E-state index contributed by atoms with van der Waals surface area (Å²) in [7, 11) is -0.316. The van der Waals surface area contributed by atoms with Crippen LogP contribution in [0.4, 0.5) is 5.13 Å². The Balaban J connectivity index is 2.39. The zero-order valence-corrected chi connectivity index (χ0v) is 16.0. The van der Waals surface area contributed by atoms with E-state index in [0.29, 0.717) is 5.92 Å². The highest BCUT2D eigenvalue weighted by Gasteiger charge is 2.53. The molecule has 4 nitrogen and oxygen atoms in total. The van der Waals surface area contributed by atoms with Crippen LogP contribution in [0, 0.1) is 0 Å². The molecule has 1 aliphatic heterocycles. The van der Waals surface area contributed by atoms with E-state index in [-0.39, 0.29) is 18.3 Å². The topological polar surface area (TPSA) is 34.6 Å². The molecule has 1 aliphatic rings. The summed E-state index contributed by atoms with van der Waals surface area (Å²) in [5.41, 5.74) is 0.474. The van der Waals surface area contributed by atoms with E-state index in [1.165, 1.54) is 0 Å². The lowest BCUT2D eigenvalue weighted by Gasteiger charge is -2.32. The van der Waals surface area contributed by atoms with Crippen molar-refractivity contribution in [1.29, 1.82) is 0 Å². The molecule has 0 saturated carbocycles. The molecule has 124 valence electrons. The molecule has 1 saturated heterocycles. The van der Waals surface area contributed by atoms with Crippen molar-refractivity contribution in [2.24, 2.45) is 0 Å². The molecule has 0 radical (unpaired) electrons. The van der Waals surface area contributed by atoms with Crippen LogP contribution in [-0.4, -0.2) is 36.4 Å². The van der Waals surface area contributed by atoms with Gasteiger partial charge in [0.25, 0.3) is 0 Å². The van der Waals surface area contributed by atoms with E-state index in [4.69, 9.17) is 14.3 Å². The lowest BCUT2D eigenvalue weighted by molar-refractivity contribution is 0.00578. The normalized spacial score (nSPS) is 20.0. The first-order valence-corrected chi connectivity index (χ1v) is 9.05. The van der Waals surface area contributed by atoms with E-state index in [9.17, 15) is 0 Å². The largest absolute Gasteiger partial charge is 0.507 e. The van der Waals surface area contributed by atoms with Crippen LogP contribution in [-0.2, 0) is 9.31 Å². The fourth-order valence-electron chi connectivity index (χ4n) is 2.49. The Labute approximate surface area is 139 Å². The van der Waals surface area contributed by atoms with Gasteiger partial charge in [-0.2, -0.15) is 0 Å². The second kappa shape index (κ2) is 6.14. The molecule has 0 bridgehead atoms. The first-order chi connectivity index (χ1) is 10.1. The van der Waals surface area contributed by atoms with Gasteiger partial charge in [0.15, 0.2) is 5.13 Å². The number of hydrogen-bond donors (Lipinski definition) is 0. The second-order valence-electron chi connectivity index (χ2n) is 7.16. The maximum absolute atomic E-state index is 6.23. The molecule has 2 rings (SSSR count). The Bertz CT molecular complexity index is 508. The van der Waals surface area contributed by atoms with Gasteiger partial charge in [-0.05, 0) is 47.5 Å². The Morgan fingerprint density at radius 2 is 1.59 bits per heavy atom. The quantitative estimate of drug-likeness (QED) is 0.778. The van der Waals surface area contributed by atoms with Crippen LogP contribution in [0.5, 0.6) is 0 Å². The van der Waals surface area contributed by atoms with E-state index in [0.717, 1.165) is 28.7 Å². The smallest absolute Gasteiger partial charge is 0.399 e. The maximum Gasteiger partial charge on any atom is 0.507 e. The molecule has 2 heterocycles. The van der Waals surface area contributed by atoms with Gasteiger partial charge in [0.05, 0.1) is 21.7 Å². The molecule has 1 aromatic heterocycles. The summed E-state index contributed by atoms with van der Waals surface area (Å²) in [4.78, 5) is 7.16. The van der Waals surface area contributed by atoms with E-state index >= 15 is 0 Å². The Kier molecular flexibility index (Phi) is 4.95. The molecule has 0 spiro atoms. The Hall–Kier alpha value is -0.585. The minimum atomic E-state index is -0.316. The fourth-order valence-corrected chi connectivity index (χ4v) is 3.80. The molecule has 0 N–H and O–H groups in total. The molecule has 0 amide bonds. The van der Waals surface area contributed by atoms with Gasteiger partial charge in [0.2, 0.25) is 0 Å². The van der Waals surface area contributed by atoms with Crippen molar-refractivity contribution in [3.05, 3.63) is 5.69 Å². The molecule has 22 heavy (non-hydrogen) atoms. The average Bonchev–Trinajstić information content (AvgIpc) is 2.91. The van der Waals surface area contributed by atoms with Crippen molar-refractivity contribution in [2.45, 2.75) is 72.5 Å². The van der Waals surface area contributed by atoms with Crippen molar-refractivity contribution in [3.63, 3.8) is 0 Å². The predicted molar refractivity (Wildman–Crippen MR) is 95.5 cm³/mol. The minimum absolute atomic E-state index is 0.314. The molecule has 0 aliphatic carbocycles. The van der Waals surface area contributed by atoms with E-state index in [2.05, 4.69) is 60.3 Å². The van der Waals surface area contributed by atoms with Crippen molar-refractivity contribution in [3.8, 4) is 0 Å². The highest BCUT2D eigenvalue weighted by atomic mass is 32.1. The zero-order chi connectivity index (χ0) is 16.7. The molecule has 0 atom stereocenters. The highest BCUT2D eigenvalue weighted by Crippen LogP contribution is 2.38. The number of rotatable bonds is 5. The number of thiazole rings is 1. The number of hydrogen-bond acceptors (Lipinski definition) is 5. The van der Waals surface area contributed by atoms with Gasteiger partial charge < -0.3 is 14.2 Å². The molecule has 1 fully saturated rings. The van der Waals surface area contributed by atoms with Crippen molar-refractivity contribution in [1.82, 2.24) is 4.98 Å². The van der Waals surface area contributed by atoms with Crippen LogP contribution in [0.1, 0.15) is 67.0 Å². The molecule has 1 aromatic rings. The van der Waals surface area contributed by atoms with E-state index in [1.807, 2.05) is 0 Å². The van der Waals surface area contributed by atoms with Crippen LogP contribution in [0.15, 0.2) is 0 Å². The summed E-state index contributed by atoms with van der Waals surface area (Å²) >= 11 is 1.71. The second-order valence-corrected chi connectivity index (χ2v) is 8.17. The zero-order valence-electron chi connectivity index (χ0n) is 15.2. The van der Waals surface area contributed by atoms with Gasteiger partial charge in [-0.15, -0.1) is 11.3 Å². The molecule has 0 unspecified atom stereocenters. The molecule has 0 aromatic carbocycles. The van der Waals surface area contributed by atoms with Gasteiger partial charge >= 0.3 is 7.12 Å². The molecule has 6 heteroatoms. The van der Waals surface area contributed by atoms with Gasteiger partial charge in [0.1, 0.15) is 0 Å². The number of anilines is 1. The van der Waals surface area contributed by atoms with Crippen LogP contribution >= 0.6 is 11.3 Å². The first-order valence-electron chi connectivity index (χ1n) is 8.24. The summed E-state index contributed by atoms with van der Waals surface area (Å²) in [5, 5.41) is 1.07. The fraction of sp³-hybridized carbons (Fsp3) is 0.812. The Morgan fingerprint density at radius 3 is 2.00 bits per heavy atom.